The predicted molar refractivity (Wildman–Crippen MR) is 73.9 cm³/mol. The van der Waals surface area contributed by atoms with Crippen molar-refractivity contribution in [3.63, 3.8) is 0 Å². The highest BCUT2D eigenvalue weighted by atomic mass is 19.1. The minimum Gasteiger partial charge on any atom is -0.507 e. The van der Waals surface area contributed by atoms with Crippen LogP contribution >= 0.6 is 0 Å². The summed E-state index contributed by atoms with van der Waals surface area (Å²) in [5.74, 6) is -0.980. The summed E-state index contributed by atoms with van der Waals surface area (Å²) in [6, 6.07) is 3.60. The first kappa shape index (κ1) is 15.6. The molecular weight excluding hydrogens is 245 g/mol. The van der Waals surface area contributed by atoms with Crippen LogP contribution in [-0.2, 0) is 0 Å². The molecule has 1 aromatic rings. The Balaban J connectivity index is 2.83. The van der Waals surface area contributed by atoms with Crippen molar-refractivity contribution in [1.82, 2.24) is 4.90 Å². The quantitative estimate of drug-likeness (QED) is 0.852. The highest BCUT2D eigenvalue weighted by molar-refractivity contribution is 6.00. The van der Waals surface area contributed by atoms with E-state index in [1.807, 2.05) is 18.9 Å². The summed E-state index contributed by atoms with van der Waals surface area (Å²) in [4.78, 5) is 14.0. The van der Waals surface area contributed by atoms with Crippen LogP contribution in [0.5, 0.6) is 5.75 Å². The second kappa shape index (κ2) is 5.70. The number of rotatable bonds is 4. The van der Waals surface area contributed by atoms with Gasteiger partial charge in [0.15, 0.2) is 5.78 Å². The smallest absolute Gasteiger partial charge is 0.180 e. The monoisotopic (exact) mass is 267 g/mol. The summed E-state index contributed by atoms with van der Waals surface area (Å²) in [5, 5.41) is 9.61. The molecule has 19 heavy (non-hydrogen) atoms. The van der Waals surface area contributed by atoms with Gasteiger partial charge in [0.25, 0.3) is 0 Å². The van der Waals surface area contributed by atoms with Crippen LogP contribution in [0.3, 0.4) is 0 Å². The molecular formula is C15H22FNO2. The molecule has 0 amide bonds. The zero-order valence-corrected chi connectivity index (χ0v) is 12.2. The van der Waals surface area contributed by atoms with Crippen molar-refractivity contribution in [3.05, 3.63) is 29.6 Å². The zero-order valence-electron chi connectivity index (χ0n) is 12.2. The lowest BCUT2D eigenvalue weighted by Crippen LogP contribution is -2.41. The predicted octanol–water partition coefficient (Wildman–Crippen LogP) is 3.08. The second-order valence-electron chi connectivity index (χ2n) is 6.04. The summed E-state index contributed by atoms with van der Waals surface area (Å²) in [6.45, 7) is 8.48. The fourth-order valence-electron chi connectivity index (χ4n) is 1.84. The summed E-state index contributed by atoms with van der Waals surface area (Å²) >= 11 is 0. The number of halogens is 1. The molecule has 0 aromatic heterocycles. The van der Waals surface area contributed by atoms with E-state index in [2.05, 4.69) is 20.8 Å². The number of hydrogen-bond donors (Lipinski definition) is 1. The van der Waals surface area contributed by atoms with Crippen molar-refractivity contribution in [2.75, 3.05) is 13.6 Å². The Hall–Kier alpha value is -1.42. The highest BCUT2D eigenvalue weighted by Gasteiger charge is 2.26. The van der Waals surface area contributed by atoms with Crippen molar-refractivity contribution in [1.29, 1.82) is 0 Å². The maximum atomic E-state index is 13.1. The van der Waals surface area contributed by atoms with Gasteiger partial charge in [-0.05, 0) is 37.6 Å². The van der Waals surface area contributed by atoms with Crippen LogP contribution in [0.25, 0.3) is 0 Å². The lowest BCUT2D eigenvalue weighted by molar-refractivity contribution is 0.0850. The number of carbonyl (C=O) groups is 1. The first-order valence-electron chi connectivity index (χ1n) is 6.35. The number of nitrogens with zero attached hydrogens (tertiary/aromatic N) is 1. The molecule has 0 saturated heterocycles. The third-order valence-corrected chi connectivity index (χ3v) is 3.57. The Morgan fingerprint density at radius 3 is 2.53 bits per heavy atom. The molecule has 0 fully saturated rings. The van der Waals surface area contributed by atoms with Crippen LogP contribution < -0.4 is 0 Å². The van der Waals surface area contributed by atoms with E-state index in [0.29, 0.717) is 0 Å². The summed E-state index contributed by atoms with van der Waals surface area (Å²) in [5.41, 5.74) is 0.0758. The fraction of sp³-hybridized carbons (Fsp3) is 0.533. The topological polar surface area (TPSA) is 40.5 Å². The lowest BCUT2D eigenvalue weighted by atomic mass is 9.87. The van der Waals surface area contributed by atoms with Crippen LogP contribution in [0.4, 0.5) is 4.39 Å². The standard InChI is InChI=1S/C15H22FNO2/c1-10(15(2,3)4)17(5)9-14(19)12-8-11(16)6-7-13(12)18/h6-8,10,18H,9H2,1-5H3. The van der Waals surface area contributed by atoms with Crippen molar-refractivity contribution in [2.45, 2.75) is 33.7 Å². The minimum atomic E-state index is -0.521. The molecule has 0 saturated carbocycles. The maximum absolute atomic E-state index is 13.1. The van der Waals surface area contributed by atoms with Crippen LogP contribution in [0.15, 0.2) is 18.2 Å². The molecule has 1 atom stereocenters. The minimum absolute atomic E-state index is 0.0351. The van der Waals surface area contributed by atoms with E-state index in [0.717, 1.165) is 12.1 Å². The zero-order chi connectivity index (χ0) is 14.8. The fourth-order valence-corrected chi connectivity index (χ4v) is 1.84. The molecule has 1 aromatic carbocycles. The summed E-state index contributed by atoms with van der Waals surface area (Å²) < 4.78 is 13.1. The van der Waals surface area contributed by atoms with Gasteiger partial charge in [-0.2, -0.15) is 0 Å². The van der Waals surface area contributed by atoms with Gasteiger partial charge >= 0.3 is 0 Å². The summed E-state index contributed by atoms with van der Waals surface area (Å²) in [7, 11) is 1.85. The number of benzene rings is 1. The van der Waals surface area contributed by atoms with Crippen LogP contribution in [0, 0.1) is 11.2 Å². The molecule has 106 valence electrons. The molecule has 0 bridgehead atoms. The van der Waals surface area contributed by atoms with Gasteiger partial charge < -0.3 is 5.11 Å². The first-order chi connectivity index (χ1) is 8.62. The Morgan fingerprint density at radius 2 is 2.00 bits per heavy atom. The van der Waals surface area contributed by atoms with E-state index >= 15 is 0 Å². The number of phenols is 1. The van der Waals surface area contributed by atoms with Gasteiger partial charge in [-0.15, -0.1) is 0 Å². The van der Waals surface area contributed by atoms with Gasteiger partial charge in [0.05, 0.1) is 12.1 Å². The third kappa shape index (κ3) is 4.03. The highest BCUT2D eigenvalue weighted by Crippen LogP contribution is 2.24. The van der Waals surface area contributed by atoms with E-state index in [9.17, 15) is 14.3 Å². The van der Waals surface area contributed by atoms with Gasteiger partial charge in [0.2, 0.25) is 0 Å². The van der Waals surface area contributed by atoms with E-state index in [-0.39, 0.29) is 35.1 Å². The van der Waals surface area contributed by atoms with Gasteiger partial charge in [0.1, 0.15) is 11.6 Å². The number of likely N-dealkylation sites (N-methyl/N-ethyl adjacent to an activating group) is 1. The van der Waals surface area contributed by atoms with Crippen molar-refractivity contribution >= 4 is 5.78 Å². The number of hydrogen-bond acceptors (Lipinski definition) is 3. The number of Topliss-reactive ketones (excluding diaryl/α,β-unsaturated/α-hetero) is 1. The average molecular weight is 267 g/mol. The molecule has 0 radical (unpaired) electrons. The van der Waals surface area contributed by atoms with Crippen LogP contribution in [-0.4, -0.2) is 35.4 Å². The number of aromatic hydroxyl groups is 1. The molecule has 3 nitrogen and oxygen atoms in total. The summed E-state index contributed by atoms with van der Waals surface area (Å²) in [6.07, 6.45) is 0. The average Bonchev–Trinajstić information content (AvgIpc) is 2.29. The van der Waals surface area contributed by atoms with E-state index in [1.165, 1.54) is 6.07 Å². The van der Waals surface area contributed by atoms with Gasteiger partial charge in [0, 0.05) is 6.04 Å². The molecule has 1 rings (SSSR count). The number of carbonyl (C=O) groups excluding carboxylic acids is 1. The molecule has 4 heteroatoms. The molecule has 0 spiro atoms. The molecule has 0 aliphatic carbocycles. The molecule has 0 aliphatic rings. The molecule has 1 N–H and O–H groups in total. The van der Waals surface area contributed by atoms with Crippen molar-refractivity contribution < 1.29 is 14.3 Å². The lowest BCUT2D eigenvalue weighted by Gasteiger charge is -2.35. The Labute approximate surface area is 114 Å². The van der Waals surface area contributed by atoms with E-state index < -0.39 is 5.82 Å². The third-order valence-electron chi connectivity index (χ3n) is 3.57. The normalized spacial score (nSPS) is 13.6. The van der Waals surface area contributed by atoms with Crippen molar-refractivity contribution in [3.8, 4) is 5.75 Å². The Morgan fingerprint density at radius 1 is 1.42 bits per heavy atom. The molecule has 0 heterocycles. The van der Waals surface area contributed by atoms with E-state index in [4.69, 9.17) is 0 Å². The first-order valence-corrected chi connectivity index (χ1v) is 6.35. The number of ketones is 1. The number of phenolic OH excluding ortho intramolecular Hbond substituents is 1. The Bertz CT molecular complexity index is 466. The molecule has 1 unspecified atom stereocenters. The Kier molecular flexibility index (Phi) is 4.69. The maximum Gasteiger partial charge on any atom is 0.180 e. The van der Waals surface area contributed by atoms with Gasteiger partial charge in [-0.25, -0.2) is 4.39 Å². The molecule has 0 aliphatic heterocycles. The second-order valence-corrected chi connectivity index (χ2v) is 6.04. The van der Waals surface area contributed by atoms with Crippen molar-refractivity contribution in [2.24, 2.45) is 5.41 Å². The van der Waals surface area contributed by atoms with Gasteiger partial charge in [-0.1, -0.05) is 20.8 Å². The van der Waals surface area contributed by atoms with Gasteiger partial charge in [-0.3, -0.25) is 9.69 Å². The van der Waals surface area contributed by atoms with E-state index in [1.54, 1.807) is 0 Å². The van der Waals surface area contributed by atoms with Crippen LogP contribution in [0.2, 0.25) is 0 Å². The SMILES string of the molecule is CC(N(C)CC(=O)c1cc(F)ccc1O)C(C)(C)C. The van der Waals surface area contributed by atoms with Crippen LogP contribution in [0.1, 0.15) is 38.1 Å². The largest absolute Gasteiger partial charge is 0.507 e.